The fourth-order valence-corrected chi connectivity index (χ4v) is 3.00. The monoisotopic (exact) mass is 405 g/mol. The van der Waals surface area contributed by atoms with E-state index in [1.54, 1.807) is 11.9 Å². The van der Waals surface area contributed by atoms with E-state index in [4.69, 9.17) is 26.2 Å². The molecule has 0 radical (unpaired) electrons. The van der Waals surface area contributed by atoms with Gasteiger partial charge in [-0.25, -0.2) is 0 Å². The first kappa shape index (κ1) is 21.7. The molecule has 0 fully saturated rings. The molecule has 150 valence electrons. The molecule has 0 unspecified atom stereocenters. The molecule has 0 aromatic heterocycles. The van der Waals surface area contributed by atoms with E-state index in [2.05, 4.69) is 0 Å². The smallest absolute Gasteiger partial charge is 0.317 e. The van der Waals surface area contributed by atoms with Crippen LogP contribution in [0.5, 0.6) is 5.75 Å². The first-order valence-electron chi connectivity index (χ1n) is 8.82. The van der Waals surface area contributed by atoms with Crippen LogP contribution in [0.25, 0.3) is 0 Å². The van der Waals surface area contributed by atoms with E-state index in [0.29, 0.717) is 23.8 Å². The molecule has 0 aliphatic rings. The third-order valence-corrected chi connectivity index (χ3v) is 4.56. The number of nitrogens with zero attached hydrogens (tertiary/aromatic N) is 1. The van der Waals surface area contributed by atoms with Crippen LogP contribution in [0.15, 0.2) is 48.5 Å². The highest BCUT2D eigenvalue weighted by Crippen LogP contribution is 2.18. The number of ether oxygens (including phenoxy) is 2. The van der Waals surface area contributed by atoms with E-state index in [9.17, 15) is 9.59 Å². The summed E-state index contributed by atoms with van der Waals surface area (Å²) in [4.78, 5) is 24.3. The minimum atomic E-state index is -0.942. The molecular formula is C21H24ClNO5. The fourth-order valence-electron chi connectivity index (χ4n) is 2.79. The zero-order valence-electron chi connectivity index (χ0n) is 15.9. The van der Waals surface area contributed by atoms with Gasteiger partial charge in [-0.1, -0.05) is 35.9 Å². The summed E-state index contributed by atoms with van der Waals surface area (Å²) in [6, 6.07) is 14.7. The second kappa shape index (κ2) is 10.7. The molecule has 0 spiro atoms. The molecular weight excluding hydrogens is 382 g/mol. The molecule has 0 aliphatic carbocycles. The van der Waals surface area contributed by atoms with Crippen molar-refractivity contribution in [3.05, 3.63) is 64.7 Å². The number of aliphatic carboxylic acids is 1. The molecule has 1 atom stereocenters. The molecule has 7 heteroatoms. The minimum absolute atomic E-state index is 0.118. The van der Waals surface area contributed by atoms with Crippen LogP contribution >= 0.6 is 11.6 Å². The average molecular weight is 406 g/mol. The second-order valence-electron chi connectivity index (χ2n) is 6.51. The van der Waals surface area contributed by atoms with Crippen molar-refractivity contribution in [2.24, 2.45) is 0 Å². The molecule has 6 nitrogen and oxygen atoms in total. The molecule has 0 amide bonds. The summed E-state index contributed by atoms with van der Waals surface area (Å²) < 4.78 is 10.5. The Morgan fingerprint density at radius 3 is 2.46 bits per heavy atom. The molecule has 2 rings (SSSR count). The van der Waals surface area contributed by atoms with Gasteiger partial charge in [0.15, 0.2) is 0 Å². The van der Waals surface area contributed by atoms with Crippen molar-refractivity contribution >= 4 is 23.5 Å². The molecule has 0 heterocycles. The van der Waals surface area contributed by atoms with Crippen molar-refractivity contribution in [1.29, 1.82) is 0 Å². The molecule has 0 saturated carbocycles. The Hall–Kier alpha value is -2.57. The van der Waals surface area contributed by atoms with Gasteiger partial charge in [-0.3, -0.25) is 14.5 Å². The molecule has 2 aromatic rings. The standard InChI is InChI=1S/C21H24ClNO5/c1-23(13-20(24)25)18(12-21(26)27-2)11-15-6-8-19(9-7-15)28-14-16-4-3-5-17(22)10-16/h3-10,18H,11-14H2,1-2H3,(H,24,25)/t18-/m0/s1. The molecule has 1 N–H and O–H groups in total. The lowest BCUT2D eigenvalue weighted by Gasteiger charge is -2.26. The van der Waals surface area contributed by atoms with Gasteiger partial charge >= 0.3 is 11.9 Å². The molecule has 2 aromatic carbocycles. The Balaban J connectivity index is 1.98. The topological polar surface area (TPSA) is 76.1 Å². The Kier molecular flexibility index (Phi) is 8.29. The predicted octanol–water partition coefficient (Wildman–Crippen LogP) is 3.41. The van der Waals surface area contributed by atoms with Gasteiger partial charge in [0.1, 0.15) is 12.4 Å². The normalized spacial score (nSPS) is 11.9. The van der Waals surface area contributed by atoms with Crippen molar-refractivity contribution in [3.8, 4) is 5.75 Å². The van der Waals surface area contributed by atoms with Gasteiger partial charge in [-0.05, 0) is 48.9 Å². The maximum Gasteiger partial charge on any atom is 0.317 e. The van der Waals surface area contributed by atoms with Crippen LogP contribution in [0.2, 0.25) is 5.02 Å². The third-order valence-electron chi connectivity index (χ3n) is 4.33. The number of carbonyl (C=O) groups excluding carboxylic acids is 1. The Morgan fingerprint density at radius 1 is 1.14 bits per heavy atom. The quantitative estimate of drug-likeness (QED) is 0.610. The molecule has 0 aliphatic heterocycles. The fraction of sp³-hybridized carbons (Fsp3) is 0.333. The number of esters is 1. The second-order valence-corrected chi connectivity index (χ2v) is 6.95. The van der Waals surface area contributed by atoms with E-state index in [1.807, 2.05) is 48.5 Å². The van der Waals surface area contributed by atoms with Crippen LogP contribution in [0, 0.1) is 0 Å². The number of hydrogen-bond acceptors (Lipinski definition) is 5. The number of hydrogen-bond donors (Lipinski definition) is 1. The van der Waals surface area contributed by atoms with Crippen LogP contribution in [0.4, 0.5) is 0 Å². The number of carboxylic acid groups (broad SMARTS) is 1. The maximum atomic E-state index is 11.7. The van der Waals surface area contributed by atoms with Gasteiger partial charge in [0.05, 0.1) is 20.1 Å². The summed E-state index contributed by atoms with van der Waals surface area (Å²) in [6.45, 7) is 0.259. The largest absolute Gasteiger partial charge is 0.489 e. The van der Waals surface area contributed by atoms with E-state index < -0.39 is 5.97 Å². The van der Waals surface area contributed by atoms with Gasteiger partial charge in [-0.2, -0.15) is 0 Å². The van der Waals surface area contributed by atoms with Crippen LogP contribution in [-0.2, 0) is 27.4 Å². The molecule has 0 saturated heterocycles. The number of likely N-dealkylation sites (N-methyl/N-ethyl adjacent to an activating group) is 1. The lowest BCUT2D eigenvalue weighted by molar-refractivity contribution is -0.144. The summed E-state index contributed by atoms with van der Waals surface area (Å²) >= 11 is 5.97. The number of carboxylic acids is 1. The zero-order chi connectivity index (χ0) is 20.5. The summed E-state index contributed by atoms with van der Waals surface area (Å²) in [5, 5.41) is 9.68. The Labute approximate surface area is 169 Å². The van der Waals surface area contributed by atoms with Crippen molar-refractivity contribution in [2.75, 3.05) is 20.7 Å². The van der Waals surface area contributed by atoms with Crippen LogP contribution in [-0.4, -0.2) is 48.7 Å². The van der Waals surface area contributed by atoms with Gasteiger partial charge in [0, 0.05) is 11.1 Å². The third kappa shape index (κ3) is 7.21. The summed E-state index contributed by atoms with van der Waals surface area (Å²) in [5.41, 5.74) is 1.95. The highest BCUT2D eigenvalue weighted by Gasteiger charge is 2.21. The van der Waals surface area contributed by atoms with Crippen molar-refractivity contribution < 1.29 is 24.2 Å². The first-order valence-corrected chi connectivity index (χ1v) is 9.20. The SMILES string of the molecule is COC(=O)C[C@H](Cc1ccc(OCc2cccc(Cl)c2)cc1)N(C)CC(=O)O. The number of benzene rings is 2. The summed E-state index contributed by atoms with van der Waals surface area (Å²) in [6.07, 6.45) is 0.640. The number of carbonyl (C=O) groups is 2. The molecule has 0 bridgehead atoms. The van der Waals surface area contributed by atoms with Crippen molar-refractivity contribution in [3.63, 3.8) is 0 Å². The van der Waals surface area contributed by atoms with Crippen LogP contribution < -0.4 is 4.74 Å². The van der Waals surface area contributed by atoms with E-state index >= 15 is 0 Å². The van der Waals surface area contributed by atoms with E-state index in [0.717, 1.165) is 11.1 Å². The van der Waals surface area contributed by atoms with Gasteiger partial charge < -0.3 is 14.6 Å². The number of rotatable bonds is 10. The number of methoxy groups -OCH3 is 1. The van der Waals surface area contributed by atoms with Crippen molar-refractivity contribution in [1.82, 2.24) is 4.90 Å². The maximum absolute atomic E-state index is 11.7. The first-order chi connectivity index (χ1) is 13.4. The van der Waals surface area contributed by atoms with E-state index in [-0.39, 0.29) is 25.0 Å². The zero-order valence-corrected chi connectivity index (χ0v) is 16.7. The Morgan fingerprint density at radius 2 is 1.86 bits per heavy atom. The van der Waals surface area contributed by atoms with Gasteiger partial charge in [0.2, 0.25) is 0 Å². The highest BCUT2D eigenvalue weighted by molar-refractivity contribution is 6.30. The number of halogens is 1. The Bertz CT molecular complexity index is 794. The lowest BCUT2D eigenvalue weighted by Crippen LogP contribution is -2.39. The summed E-state index contributed by atoms with van der Waals surface area (Å²) in [5.74, 6) is -0.599. The summed E-state index contributed by atoms with van der Waals surface area (Å²) in [7, 11) is 3.01. The van der Waals surface area contributed by atoms with Gasteiger partial charge in [-0.15, -0.1) is 0 Å². The van der Waals surface area contributed by atoms with Gasteiger partial charge in [0.25, 0.3) is 0 Å². The highest BCUT2D eigenvalue weighted by atomic mass is 35.5. The van der Waals surface area contributed by atoms with Crippen LogP contribution in [0.1, 0.15) is 17.5 Å². The van der Waals surface area contributed by atoms with Crippen molar-refractivity contribution in [2.45, 2.75) is 25.5 Å². The molecule has 28 heavy (non-hydrogen) atoms. The minimum Gasteiger partial charge on any atom is -0.489 e. The predicted molar refractivity (Wildman–Crippen MR) is 107 cm³/mol. The lowest BCUT2D eigenvalue weighted by atomic mass is 10.0. The van der Waals surface area contributed by atoms with E-state index in [1.165, 1.54) is 7.11 Å². The van der Waals surface area contributed by atoms with Crippen LogP contribution in [0.3, 0.4) is 0 Å². The average Bonchev–Trinajstić information content (AvgIpc) is 2.66.